The van der Waals surface area contributed by atoms with Crippen molar-refractivity contribution >= 4 is 11.8 Å². The maximum absolute atomic E-state index is 10.7. The topological polar surface area (TPSA) is 54.4 Å². The Hall–Kier alpha value is -0.860. The lowest BCUT2D eigenvalue weighted by Gasteiger charge is -2.12. The van der Waals surface area contributed by atoms with E-state index in [1.54, 1.807) is 0 Å². The smallest absolute Gasteiger partial charge is 0.306 e. The van der Waals surface area contributed by atoms with Crippen LogP contribution in [0.4, 0.5) is 0 Å². The van der Waals surface area contributed by atoms with Gasteiger partial charge in [0.25, 0.3) is 0 Å². The van der Waals surface area contributed by atoms with Crippen molar-refractivity contribution in [3.05, 3.63) is 0 Å². The normalized spacial score (nSPS) is 13.0. The second kappa shape index (κ2) is 4.91. The van der Waals surface area contributed by atoms with E-state index in [-0.39, 0.29) is 12.2 Å². The van der Waals surface area contributed by atoms with Crippen LogP contribution in [0.2, 0.25) is 0 Å². The first-order valence-electron chi connectivity index (χ1n) is 4.15. The Balaban J connectivity index is 4.04. The van der Waals surface area contributed by atoms with Gasteiger partial charge in [-0.25, -0.2) is 0 Å². The van der Waals surface area contributed by atoms with Crippen molar-refractivity contribution in [2.24, 2.45) is 11.8 Å². The predicted molar refractivity (Wildman–Crippen MR) is 45.9 cm³/mol. The molecule has 0 aromatic carbocycles. The molecule has 0 heterocycles. The van der Waals surface area contributed by atoms with Crippen LogP contribution in [-0.4, -0.2) is 16.9 Å². The first kappa shape index (κ1) is 11.1. The fourth-order valence-electron chi connectivity index (χ4n) is 1.19. The number of carbonyl (C=O) groups excluding carboxylic acids is 1. The lowest BCUT2D eigenvalue weighted by molar-refractivity contribution is -0.144. The third-order valence-electron chi connectivity index (χ3n) is 1.64. The van der Waals surface area contributed by atoms with Gasteiger partial charge in [0.2, 0.25) is 0 Å². The van der Waals surface area contributed by atoms with Crippen LogP contribution in [0.3, 0.4) is 0 Å². The fourth-order valence-corrected chi connectivity index (χ4v) is 1.19. The van der Waals surface area contributed by atoms with Gasteiger partial charge in [-0.2, -0.15) is 0 Å². The molecule has 1 N–H and O–H groups in total. The quantitative estimate of drug-likeness (QED) is 0.686. The monoisotopic (exact) mass is 172 g/mol. The van der Waals surface area contributed by atoms with Crippen molar-refractivity contribution in [1.29, 1.82) is 0 Å². The number of carboxylic acids is 1. The Morgan fingerprint density at radius 3 is 2.08 bits per heavy atom. The summed E-state index contributed by atoms with van der Waals surface area (Å²) in [6, 6.07) is 0. The molecule has 0 radical (unpaired) electrons. The summed E-state index contributed by atoms with van der Waals surface area (Å²) in [6.45, 7) is 5.34. The van der Waals surface area contributed by atoms with Gasteiger partial charge >= 0.3 is 5.97 Å². The van der Waals surface area contributed by atoms with Gasteiger partial charge in [-0.1, -0.05) is 13.8 Å². The molecule has 0 amide bonds. The average Bonchev–Trinajstić information content (AvgIpc) is 1.83. The van der Waals surface area contributed by atoms with E-state index in [0.29, 0.717) is 12.3 Å². The summed E-state index contributed by atoms with van der Waals surface area (Å²) < 4.78 is 0. The molecular weight excluding hydrogens is 156 g/mol. The summed E-state index contributed by atoms with van der Waals surface area (Å²) in [5.74, 6) is -1.09. The van der Waals surface area contributed by atoms with Crippen LogP contribution < -0.4 is 0 Å². The van der Waals surface area contributed by atoms with Crippen molar-refractivity contribution in [1.82, 2.24) is 0 Å². The number of hydrogen-bond acceptors (Lipinski definition) is 2. The highest BCUT2D eigenvalue weighted by atomic mass is 16.4. The Bertz CT molecular complexity index is 173. The minimum Gasteiger partial charge on any atom is -0.481 e. The van der Waals surface area contributed by atoms with E-state index < -0.39 is 11.9 Å². The molecule has 0 rings (SSSR count). The van der Waals surface area contributed by atoms with Crippen LogP contribution in [0.5, 0.6) is 0 Å². The zero-order valence-electron chi connectivity index (χ0n) is 7.83. The van der Waals surface area contributed by atoms with Crippen molar-refractivity contribution in [3.8, 4) is 0 Å². The summed E-state index contributed by atoms with van der Waals surface area (Å²) >= 11 is 0. The molecule has 0 aliphatic rings. The second-order valence-corrected chi connectivity index (χ2v) is 3.57. The third-order valence-corrected chi connectivity index (χ3v) is 1.64. The van der Waals surface area contributed by atoms with Gasteiger partial charge in [0.1, 0.15) is 5.78 Å². The third kappa shape index (κ3) is 4.88. The minimum atomic E-state index is -0.862. The number of carbonyl (C=O) groups is 2. The first-order valence-corrected chi connectivity index (χ1v) is 4.15. The molecule has 0 aliphatic heterocycles. The molecule has 1 atom stereocenters. The molecule has 3 nitrogen and oxygen atoms in total. The first-order chi connectivity index (χ1) is 5.43. The van der Waals surface area contributed by atoms with Gasteiger partial charge < -0.3 is 9.90 Å². The average molecular weight is 172 g/mol. The molecule has 0 aromatic rings. The minimum absolute atomic E-state index is 0.0527. The van der Waals surface area contributed by atoms with Crippen LogP contribution in [0.1, 0.15) is 33.6 Å². The molecule has 0 aromatic heterocycles. The number of aliphatic carboxylic acids is 1. The number of carboxylic acid groups (broad SMARTS) is 1. The fraction of sp³-hybridized carbons (Fsp3) is 0.778. The zero-order chi connectivity index (χ0) is 9.72. The summed E-state index contributed by atoms with van der Waals surface area (Å²) in [5.41, 5.74) is 0. The standard InChI is InChI=1S/C9H16O3/c1-6(2)4-8(9(11)12)5-7(3)10/h6,8H,4-5H2,1-3H3,(H,11,12). The van der Waals surface area contributed by atoms with Crippen molar-refractivity contribution in [3.63, 3.8) is 0 Å². The summed E-state index contributed by atoms with van der Waals surface area (Å²) in [5, 5.41) is 8.72. The molecule has 12 heavy (non-hydrogen) atoms. The van der Waals surface area contributed by atoms with Crippen molar-refractivity contribution in [2.45, 2.75) is 33.6 Å². The van der Waals surface area contributed by atoms with E-state index in [4.69, 9.17) is 5.11 Å². The predicted octanol–water partition coefficient (Wildman–Crippen LogP) is 1.71. The van der Waals surface area contributed by atoms with Crippen LogP contribution in [0.25, 0.3) is 0 Å². The highest BCUT2D eigenvalue weighted by Gasteiger charge is 2.20. The van der Waals surface area contributed by atoms with Gasteiger partial charge in [0.05, 0.1) is 5.92 Å². The van der Waals surface area contributed by atoms with Crippen molar-refractivity contribution in [2.75, 3.05) is 0 Å². The highest BCUT2D eigenvalue weighted by molar-refractivity contribution is 5.81. The lowest BCUT2D eigenvalue weighted by atomic mass is 9.93. The Morgan fingerprint density at radius 2 is 1.83 bits per heavy atom. The molecule has 1 unspecified atom stereocenters. The summed E-state index contributed by atoms with van der Waals surface area (Å²) in [4.78, 5) is 21.3. The van der Waals surface area contributed by atoms with Crippen molar-refractivity contribution < 1.29 is 14.7 Å². The molecule has 70 valence electrons. The Kier molecular flexibility index (Phi) is 4.55. The second-order valence-electron chi connectivity index (χ2n) is 3.57. The van der Waals surface area contributed by atoms with Crippen LogP contribution in [-0.2, 0) is 9.59 Å². The molecular formula is C9H16O3. The van der Waals surface area contributed by atoms with E-state index in [2.05, 4.69) is 0 Å². The molecule has 0 bridgehead atoms. The van der Waals surface area contributed by atoms with Crippen LogP contribution >= 0.6 is 0 Å². The summed E-state index contributed by atoms with van der Waals surface area (Å²) in [7, 11) is 0. The van der Waals surface area contributed by atoms with Gasteiger partial charge in [-0.3, -0.25) is 4.79 Å². The van der Waals surface area contributed by atoms with E-state index in [0.717, 1.165) is 0 Å². The van der Waals surface area contributed by atoms with E-state index in [1.807, 2.05) is 13.8 Å². The van der Waals surface area contributed by atoms with E-state index in [9.17, 15) is 9.59 Å². The number of Topliss-reactive ketones (excluding diaryl/α,β-unsaturated/α-hetero) is 1. The molecule has 0 aliphatic carbocycles. The molecule has 0 saturated heterocycles. The maximum atomic E-state index is 10.7. The van der Waals surface area contributed by atoms with Gasteiger partial charge in [-0.05, 0) is 19.3 Å². The van der Waals surface area contributed by atoms with Gasteiger partial charge in [0, 0.05) is 6.42 Å². The zero-order valence-corrected chi connectivity index (χ0v) is 7.83. The molecule has 0 spiro atoms. The Morgan fingerprint density at radius 1 is 1.33 bits per heavy atom. The summed E-state index contributed by atoms with van der Waals surface area (Å²) in [6.07, 6.45) is 0.739. The SMILES string of the molecule is CC(=O)CC(CC(C)C)C(=O)O. The van der Waals surface area contributed by atoms with Gasteiger partial charge in [-0.15, -0.1) is 0 Å². The maximum Gasteiger partial charge on any atom is 0.306 e. The number of ketones is 1. The molecule has 0 fully saturated rings. The molecule has 0 saturated carbocycles. The molecule has 3 heteroatoms. The van der Waals surface area contributed by atoms with E-state index >= 15 is 0 Å². The largest absolute Gasteiger partial charge is 0.481 e. The Labute approximate surface area is 72.8 Å². The van der Waals surface area contributed by atoms with Gasteiger partial charge in [0.15, 0.2) is 0 Å². The van der Waals surface area contributed by atoms with Crippen LogP contribution in [0.15, 0.2) is 0 Å². The van der Waals surface area contributed by atoms with E-state index in [1.165, 1.54) is 6.92 Å². The number of hydrogen-bond donors (Lipinski definition) is 1. The van der Waals surface area contributed by atoms with Crippen LogP contribution in [0, 0.1) is 11.8 Å². The highest BCUT2D eigenvalue weighted by Crippen LogP contribution is 2.15. The lowest BCUT2D eigenvalue weighted by Crippen LogP contribution is -2.18. The number of rotatable bonds is 5.